The molecule has 0 radical (unpaired) electrons. The maximum absolute atomic E-state index is 11.6. The van der Waals surface area contributed by atoms with Gasteiger partial charge in [0, 0.05) is 5.92 Å². The lowest BCUT2D eigenvalue weighted by Crippen LogP contribution is -2.35. The van der Waals surface area contributed by atoms with Crippen molar-refractivity contribution < 1.29 is 9.59 Å². The van der Waals surface area contributed by atoms with Crippen molar-refractivity contribution in [2.75, 3.05) is 6.54 Å². The van der Waals surface area contributed by atoms with Crippen molar-refractivity contribution in [1.82, 2.24) is 5.32 Å². The van der Waals surface area contributed by atoms with Crippen LogP contribution in [-0.4, -0.2) is 18.4 Å². The maximum Gasteiger partial charge on any atom is 0.236 e. The van der Waals surface area contributed by atoms with E-state index in [-0.39, 0.29) is 23.8 Å². The molecule has 4 heteroatoms. The fourth-order valence-electron chi connectivity index (χ4n) is 2.97. The molecule has 2 aliphatic rings. The second-order valence-electron chi connectivity index (χ2n) is 4.67. The Hall–Kier alpha value is -1.06. The lowest BCUT2D eigenvalue weighted by molar-refractivity contribution is -0.126. The monoisotopic (exact) mass is 196 g/mol. The molecule has 3 unspecified atom stereocenters. The molecule has 3 N–H and O–H groups in total. The fraction of sp³-hybridized carbons (Fsp3) is 0.800. The van der Waals surface area contributed by atoms with Gasteiger partial charge in [0.2, 0.25) is 11.8 Å². The topological polar surface area (TPSA) is 72.2 Å². The third-order valence-electron chi connectivity index (χ3n) is 3.80. The first-order valence-electron chi connectivity index (χ1n) is 5.12. The van der Waals surface area contributed by atoms with Crippen LogP contribution in [0.5, 0.6) is 0 Å². The summed E-state index contributed by atoms with van der Waals surface area (Å²) in [6.45, 7) is 2.14. The molecule has 0 aliphatic heterocycles. The van der Waals surface area contributed by atoms with Crippen molar-refractivity contribution in [2.45, 2.75) is 26.2 Å². The molecule has 2 fully saturated rings. The Bertz CT molecular complexity index is 290. The second kappa shape index (κ2) is 2.97. The van der Waals surface area contributed by atoms with Gasteiger partial charge in [-0.15, -0.1) is 0 Å². The van der Waals surface area contributed by atoms with E-state index < -0.39 is 5.91 Å². The molecule has 2 aliphatic carbocycles. The number of carbonyl (C=O) groups excluding carboxylic acids is 2. The van der Waals surface area contributed by atoms with Crippen LogP contribution in [0.15, 0.2) is 0 Å². The van der Waals surface area contributed by atoms with Crippen molar-refractivity contribution in [3.05, 3.63) is 0 Å². The Kier molecular flexibility index (Phi) is 2.01. The van der Waals surface area contributed by atoms with Gasteiger partial charge in [-0.05, 0) is 24.2 Å². The summed E-state index contributed by atoms with van der Waals surface area (Å²) in [6.07, 6.45) is 3.54. The van der Waals surface area contributed by atoms with Crippen LogP contribution < -0.4 is 11.1 Å². The molecule has 14 heavy (non-hydrogen) atoms. The van der Waals surface area contributed by atoms with Crippen LogP contribution in [0, 0.1) is 17.3 Å². The van der Waals surface area contributed by atoms with E-state index in [1.54, 1.807) is 0 Å². The van der Waals surface area contributed by atoms with Gasteiger partial charge in [-0.2, -0.15) is 0 Å². The summed E-state index contributed by atoms with van der Waals surface area (Å²) in [4.78, 5) is 22.1. The number of hydrogen-bond donors (Lipinski definition) is 2. The predicted molar refractivity (Wildman–Crippen MR) is 51.1 cm³/mol. The number of fused-ring (bicyclic) bond motifs is 1. The van der Waals surface area contributed by atoms with E-state index in [4.69, 9.17) is 5.73 Å². The van der Waals surface area contributed by atoms with Gasteiger partial charge in [0.1, 0.15) is 0 Å². The first-order valence-corrected chi connectivity index (χ1v) is 5.12. The largest absolute Gasteiger partial charge is 0.368 e. The van der Waals surface area contributed by atoms with Crippen LogP contribution in [0.2, 0.25) is 0 Å². The van der Waals surface area contributed by atoms with Crippen LogP contribution in [0.4, 0.5) is 0 Å². The Morgan fingerprint density at radius 1 is 1.57 bits per heavy atom. The highest BCUT2D eigenvalue weighted by Crippen LogP contribution is 2.68. The molecule has 0 spiro atoms. The Labute approximate surface area is 83.2 Å². The molecule has 0 saturated heterocycles. The normalized spacial score (nSPS) is 38.9. The highest BCUT2D eigenvalue weighted by molar-refractivity contribution is 5.87. The zero-order valence-electron chi connectivity index (χ0n) is 8.38. The molecule has 0 aromatic heterocycles. The zero-order valence-corrected chi connectivity index (χ0v) is 8.38. The van der Waals surface area contributed by atoms with E-state index in [0.29, 0.717) is 5.92 Å². The van der Waals surface area contributed by atoms with Crippen LogP contribution in [0.25, 0.3) is 0 Å². The second-order valence-corrected chi connectivity index (χ2v) is 4.67. The fourth-order valence-corrected chi connectivity index (χ4v) is 2.97. The lowest BCUT2D eigenvalue weighted by Gasteiger charge is -2.08. The quantitative estimate of drug-likeness (QED) is 0.668. The Morgan fingerprint density at radius 3 is 2.79 bits per heavy atom. The minimum Gasteiger partial charge on any atom is -0.368 e. The number of nitrogens with one attached hydrogen (secondary N) is 1. The van der Waals surface area contributed by atoms with Gasteiger partial charge >= 0.3 is 0 Å². The number of rotatable bonds is 3. The predicted octanol–water partition coefficient (Wildman–Crippen LogP) is 0.0241. The zero-order chi connectivity index (χ0) is 10.3. The first kappa shape index (κ1) is 9.49. The molecule has 2 rings (SSSR count). The average molecular weight is 196 g/mol. The van der Waals surface area contributed by atoms with E-state index in [1.165, 1.54) is 6.42 Å². The molecule has 3 atom stereocenters. The molecule has 2 amide bonds. The minimum atomic E-state index is -0.477. The van der Waals surface area contributed by atoms with Crippen molar-refractivity contribution in [3.8, 4) is 0 Å². The average Bonchev–Trinajstić information content (AvgIpc) is 2.49. The molecule has 0 aromatic rings. The third-order valence-corrected chi connectivity index (χ3v) is 3.80. The van der Waals surface area contributed by atoms with Crippen molar-refractivity contribution in [1.29, 1.82) is 0 Å². The highest BCUT2D eigenvalue weighted by Gasteiger charge is 2.66. The highest BCUT2D eigenvalue weighted by atomic mass is 16.2. The van der Waals surface area contributed by atoms with Crippen LogP contribution in [-0.2, 0) is 9.59 Å². The SMILES string of the molecule is CC12CCCC1C2C(=O)NCC(N)=O. The molecule has 0 bridgehead atoms. The summed E-state index contributed by atoms with van der Waals surface area (Å²) in [6, 6.07) is 0. The van der Waals surface area contributed by atoms with Gasteiger partial charge in [-0.3, -0.25) is 9.59 Å². The van der Waals surface area contributed by atoms with E-state index in [0.717, 1.165) is 12.8 Å². The van der Waals surface area contributed by atoms with Gasteiger partial charge < -0.3 is 11.1 Å². The number of nitrogens with two attached hydrogens (primary N) is 1. The van der Waals surface area contributed by atoms with E-state index in [1.807, 2.05) is 0 Å². The smallest absolute Gasteiger partial charge is 0.236 e. The summed E-state index contributed by atoms with van der Waals surface area (Å²) < 4.78 is 0. The summed E-state index contributed by atoms with van der Waals surface area (Å²) in [5, 5.41) is 2.58. The molecule has 78 valence electrons. The number of primary amides is 1. The van der Waals surface area contributed by atoms with Crippen molar-refractivity contribution in [2.24, 2.45) is 23.0 Å². The maximum atomic E-state index is 11.6. The summed E-state index contributed by atoms with van der Waals surface area (Å²) in [7, 11) is 0. The van der Waals surface area contributed by atoms with E-state index in [2.05, 4.69) is 12.2 Å². The summed E-state index contributed by atoms with van der Waals surface area (Å²) >= 11 is 0. The van der Waals surface area contributed by atoms with Crippen molar-refractivity contribution in [3.63, 3.8) is 0 Å². The van der Waals surface area contributed by atoms with Gasteiger partial charge in [0.25, 0.3) is 0 Å². The molecule has 2 saturated carbocycles. The van der Waals surface area contributed by atoms with Crippen LogP contribution in [0.3, 0.4) is 0 Å². The van der Waals surface area contributed by atoms with E-state index >= 15 is 0 Å². The number of amides is 2. The minimum absolute atomic E-state index is 0.0102. The van der Waals surface area contributed by atoms with Gasteiger partial charge in [0.05, 0.1) is 6.54 Å². The molecule has 0 heterocycles. The van der Waals surface area contributed by atoms with Crippen molar-refractivity contribution >= 4 is 11.8 Å². The molecular weight excluding hydrogens is 180 g/mol. The number of carbonyl (C=O) groups is 2. The number of hydrogen-bond acceptors (Lipinski definition) is 2. The molecule has 4 nitrogen and oxygen atoms in total. The van der Waals surface area contributed by atoms with Crippen LogP contribution >= 0.6 is 0 Å². The summed E-state index contributed by atoms with van der Waals surface area (Å²) in [5.74, 6) is 0.219. The Morgan fingerprint density at radius 2 is 2.29 bits per heavy atom. The Balaban J connectivity index is 1.87. The van der Waals surface area contributed by atoms with Gasteiger partial charge in [-0.25, -0.2) is 0 Å². The summed E-state index contributed by atoms with van der Waals surface area (Å²) in [5.41, 5.74) is 5.18. The standard InChI is InChI=1S/C10H16N2O2/c1-10-4-2-3-6(10)8(10)9(14)12-5-7(11)13/h6,8H,2-5H2,1H3,(H2,11,13)(H,12,14). The third kappa shape index (κ3) is 1.29. The van der Waals surface area contributed by atoms with E-state index in [9.17, 15) is 9.59 Å². The van der Waals surface area contributed by atoms with Gasteiger partial charge in [-0.1, -0.05) is 13.3 Å². The first-order chi connectivity index (χ1) is 6.55. The molecular formula is C10H16N2O2. The lowest BCUT2D eigenvalue weighted by atomic mass is 10.0. The van der Waals surface area contributed by atoms with Gasteiger partial charge in [0.15, 0.2) is 0 Å². The van der Waals surface area contributed by atoms with Crippen LogP contribution in [0.1, 0.15) is 26.2 Å². The molecule has 0 aromatic carbocycles.